The molecule has 0 aromatic heterocycles. The maximum absolute atomic E-state index is 15.4. The second-order valence-corrected chi connectivity index (χ2v) is 9.60. The topological polar surface area (TPSA) is 52.8 Å². The van der Waals surface area contributed by atoms with Crippen molar-refractivity contribution in [2.45, 2.75) is 101 Å². The van der Waals surface area contributed by atoms with Crippen LogP contribution in [0.3, 0.4) is 0 Å². The van der Waals surface area contributed by atoms with E-state index in [1.165, 1.54) is 51.4 Å². The van der Waals surface area contributed by atoms with Crippen molar-refractivity contribution < 1.29 is 9.18 Å². The Morgan fingerprint density at radius 2 is 1.46 bits per heavy atom. The maximum Gasteiger partial charge on any atom is 0.222 e. The van der Waals surface area contributed by atoms with E-state index in [0.29, 0.717) is 19.0 Å². The molecule has 3 heterocycles. The van der Waals surface area contributed by atoms with E-state index in [0.717, 1.165) is 39.0 Å². The molecule has 4 unspecified atom stereocenters. The molecule has 1 aliphatic carbocycles. The third-order valence-corrected chi connectivity index (χ3v) is 7.69. The van der Waals surface area contributed by atoms with E-state index < -0.39 is 6.17 Å². The minimum absolute atomic E-state index is 0.137. The number of likely N-dealkylation sites (tertiary alicyclic amines) is 1. The summed E-state index contributed by atoms with van der Waals surface area (Å²) in [6.07, 6.45) is 12.1. The van der Waals surface area contributed by atoms with Gasteiger partial charge < -0.3 is 10.6 Å². The zero-order chi connectivity index (χ0) is 19.5. The molecule has 0 aromatic rings. The van der Waals surface area contributed by atoms with E-state index in [9.17, 15) is 4.79 Å². The molecule has 4 fully saturated rings. The Labute approximate surface area is 169 Å². The van der Waals surface area contributed by atoms with E-state index in [1.807, 2.05) is 4.90 Å². The largest absolute Gasteiger partial charge is 0.337 e. The molecule has 3 saturated heterocycles. The molecule has 28 heavy (non-hydrogen) atoms. The fraction of sp³-hybridized carbons (Fsp3) is 0.955. The first-order valence-electron chi connectivity index (χ1n) is 11.8. The first-order chi connectivity index (χ1) is 13.6. The minimum atomic E-state index is -0.887. The lowest BCUT2D eigenvalue weighted by Gasteiger charge is -2.51. The fourth-order valence-corrected chi connectivity index (χ4v) is 6.19. The van der Waals surface area contributed by atoms with Crippen LogP contribution in [0.5, 0.6) is 0 Å². The molecule has 4 atom stereocenters. The SMILES string of the molecule is NC1CN(C2CCCCCCCC2)CC(F)C1N1CCN2C(=O)CCCC2C1. The number of amides is 1. The van der Waals surface area contributed by atoms with Crippen LogP contribution in [0.1, 0.15) is 70.6 Å². The number of carbonyl (C=O) groups excluding carboxylic acids is 1. The van der Waals surface area contributed by atoms with Crippen LogP contribution in [0.25, 0.3) is 0 Å². The number of rotatable bonds is 2. The van der Waals surface area contributed by atoms with E-state index in [4.69, 9.17) is 5.73 Å². The average Bonchev–Trinajstić information content (AvgIpc) is 2.81. The summed E-state index contributed by atoms with van der Waals surface area (Å²) in [6, 6.07) is 0.451. The summed E-state index contributed by atoms with van der Waals surface area (Å²) in [5, 5.41) is 0. The van der Waals surface area contributed by atoms with Crippen molar-refractivity contribution in [3.63, 3.8) is 0 Å². The highest BCUT2D eigenvalue weighted by atomic mass is 19.1. The summed E-state index contributed by atoms with van der Waals surface area (Å²) in [5.74, 6) is 0.284. The van der Waals surface area contributed by atoms with Crippen LogP contribution in [-0.2, 0) is 4.79 Å². The molecule has 160 valence electrons. The van der Waals surface area contributed by atoms with Gasteiger partial charge in [0.25, 0.3) is 0 Å². The molecule has 4 rings (SSSR count). The van der Waals surface area contributed by atoms with Gasteiger partial charge in [-0.25, -0.2) is 4.39 Å². The van der Waals surface area contributed by atoms with Gasteiger partial charge in [0.05, 0.1) is 6.04 Å². The molecular formula is C22H39FN4O. The predicted molar refractivity (Wildman–Crippen MR) is 110 cm³/mol. The number of piperazine rings is 1. The molecule has 3 aliphatic heterocycles. The van der Waals surface area contributed by atoms with Crippen molar-refractivity contribution in [2.24, 2.45) is 5.73 Å². The van der Waals surface area contributed by atoms with Gasteiger partial charge in [0.2, 0.25) is 5.91 Å². The maximum atomic E-state index is 15.4. The minimum Gasteiger partial charge on any atom is -0.337 e. The van der Waals surface area contributed by atoms with E-state index in [-0.39, 0.29) is 24.0 Å². The Bertz CT molecular complexity index is 511. The monoisotopic (exact) mass is 394 g/mol. The number of piperidine rings is 2. The third-order valence-electron chi connectivity index (χ3n) is 7.69. The van der Waals surface area contributed by atoms with Crippen LogP contribution in [0.2, 0.25) is 0 Å². The van der Waals surface area contributed by atoms with Crippen molar-refractivity contribution in [3.8, 4) is 0 Å². The van der Waals surface area contributed by atoms with Gasteiger partial charge in [-0.1, -0.05) is 38.5 Å². The predicted octanol–water partition coefficient (Wildman–Crippen LogP) is 2.54. The van der Waals surface area contributed by atoms with E-state index in [2.05, 4.69) is 9.80 Å². The molecular weight excluding hydrogens is 355 g/mol. The molecule has 1 saturated carbocycles. The summed E-state index contributed by atoms with van der Waals surface area (Å²) in [7, 11) is 0. The van der Waals surface area contributed by atoms with Crippen LogP contribution in [-0.4, -0.2) is 83.7 Å². The van der Waals surface area contributed by atoms with E-state index in [1.54, 1.807) is 0 Å². The quantitative estimate of drug-likeness (QED) is 0.782. The molecule has 0 bridgehead atoms. The number of nitrogens with two attached hydrogens (primary N) is 1. The number of hydrogen-bond donors (Lipinski definition) is 1. The van der Waals surface area contributed by atoms with Crippen molar-refractivity contribution >= 4 is 5.91 Å². The Morgan fingerprint density at radius 3 is 2.18 bits per heavy atom. The van der Waals surface area contributed by atoms with Gasteiger partial charge in [0.15, 0.2) is 0 Å². The lowest BCUT2D eigenvalue weighted by Crippen LogP contribution is -2.69. The molecule has 5 nitrogen and oxygen atoms in total. The van der Waals surface area contributed by atoms with Gasteiger partial charge in [-0.3, -0.25) is 14.6 Å². The van der Waals surface area contributed by atoms with Crippen LogP contribution in [0.4, 0.5) is 4.39 Å². The number of fused-ring (bicyclic) bond motifs is 1. The molecule has 4 aliphatic rings. The molecule has 6 heteroatoms. The van der Waals surface area contributed by atoms with Crippen molar-refractivity contribution in [2.75, 3.05) is 32.7 Å². The Morgan fingerprint density at radius 1 is 0.786 bits per heavy atom. The van der Waals surface area contributed by atoms with Crippen LogP contribution < -0.4 is 5.73 Å². The lowest BCUT2D eigenvalue weighted by atomic mass is 9.90. The third kappa shape index (κ3) is 4.54. The standard InChI is InChI=1S/C22H39FN4O/c23-19-15-26(17-8-5-3-1-2-4-6-9-17)16-20(24)22(19)25-12-13-27-18(14-25)10-7-11-21(27)28/h17-20,22H,1-16,24H2. The normalized spacial score (nSPS) is 37.8. The number of carbonyl (C=O) groups is 1. The number of hydrogen-bond acceptors (Lipinski definition) is 4. The van der Waals surface area contributed by atoms with Gasteiger partial charge >= 0.3 is 0 Å². The van der Waals surface area contributed by atoms with Gasteiger partial charge in [-0.05, 0) is 25.7 Å². The summed E-state index contributed by atoms with van der Waals surface area (Å²) >= 11 is 0. The highest BCUT2D eigenvalue weighted by Crippen LogP contribution is 2.29. The second-order valence-electron chi connectivity index (χ2n) is 9.60. The number of halogens is 1. The molecule has 0 radical (unpaired) electrons. The first kappa shape index (κ1) is 20.5. The summed E-state index contributed by atoms with van der Waals surface area (Å²) < 4.78 is 15.4. The van der Waals surface area contributed by atoms with Gasteiger partial charge in [-0.2, -0.15) is 0 Å². The van der Waals surface area contributed by atoms with Gasteiger partial charge in [-0.15, -0.1) is 0 Å². The van der Waals surface area contributed by atoms with E-state index >= 15 is 4.39 Å². The zero-order valence-corrected chi connectivity index (χ0v) is 17.4. The summed E-state index contributed by atoms with van der Waals surface area (Å²) in [6.45, 7) is 3.66. The molecule has 1 amide bonds. The van der Waals surface area contributed by atoms with Crippen molar-refractivity contribution in [1.82, 2.24) is 14.7 Å². The Hall–Kier alpha value is -0.720. The zero-order valence-electron chi connectivity index (χ0n) is 17.4. The highest BCUT2D eigenvalue weighted by molar-refractivity contribution is 5.77. The summed E-state index contributed by atoms with van der Waals surface area (Å²) in [5.41, 5.74) is 6.59. The number of alkyl halides is 1. The lowest BCUT2D eigenvalue weighted by molar-refractivity contribution is -0.141. The first-order valence-corrected chi connectivity index (χ1v) is 11.8. The molecule has 0 aromatic carbocycles. The Balaban J connectivity index is 1.36. The van der Waals surface area contributed by atoms with Crippen LogP contribution in [0.15, 0.2) is 0 Å². The van der Waals surface area contributed by atoms with Crippen molar-refractivity contribution in [3.05, 3.63) is 0 Å². The van der Waals surface area contributed by atoms with Gasteiger partial charge in [0.1, 0.15) is 6.17 Å². The van der Waals surface area contributed by atoms with Gasteiger partial charge in [0, 0.05) is 57.3 Å². The van der Waals surface area contributed by atoms with Crippen LogP contribution in [0, 0.1) is 0 Å². The number of nitrogens with zero attached hydrogens (tertiary/aromatic N) is 3. The molecule has 0 spiro atoms. The second kappa shape index (κ2) is 9.40. The summed E-state index contributed by atoms with van der Waals surface area (Å²) in [4.78, 5) is 18.8. The smallest absolute Gasteiger partial charge is 0.222 e. The van der Waals surface area contributed by atoms with Crippen molar-refractivity contribution in [1.29, 1.82) is 0 Å². The highest BCUT2D eigenvalue weighted by Gasteiger charge is 2.44. The Kier molecular flexibility index (Phi) is 6.90. The fourth-order valence-electron chi connectivity index (χ4n) is 6.19. The molecule has 2 N–H and O–H groups in total. The van der Waals surface area contributed by atoms with Crippen LogP contribution >= 0.6 is 0 Å². The average molecular weight is 395 g/mol.